The standard InChI is InChI=1S/C26H24Cl2FN5O6S/c1-33-9-23(30-14-33)41(37,38)34-8-21(40-20-5-2-15(27)6-19(20)34)24(36)32-26-11-25(12-26,13-26)31-22(35)10-39-16-3-4-17(28)18(29)7-16/h2-7,9,14,21H,8,10-13H2,1H3,(H,31,35)(H,32,36). The number of imidazole rings is 1. The predicted molar refractivity (Wildman–Crippen MR) is 146 cm³/mol. The number of aryl methyl sites for hydroxylation is 1. The van der Waals surface area contributed by atoms with Crippen LogP contribution in [0.25, 0.3) is 0 Å². The summed E-state index contributed by atoms with van der Waals surface area (Å²) in [6, 6.07) is 8.44. The third kappa shape index (κ3) is 5.06. The van der Waals surface area contributed by atoms with Crippen LogP contribution in [0, 0.1) is 5.82 Å². The molecule has 4 aliphatic rings. The van der Waals surface area contributed by atoms with Gasteiger partial charge < -0.3 is 24.7 Å². The van der Waals surface area contributed by atoms with Crippen molar-refractivity contribution < 1.29 is 31.9 Å². The molecular weight excluding hydrogens is 600 g/mol. The average molecular weight is 624 g/mol. The molecule has 216 valence electrons. The minimum Gasteiger partial charge on any atom is -0.484 e. The minimum absolute atomic E-state index is 0.0437. The molecule has 3 aliphatic carbocycles. The highest BCUT2D eigenvalue weighted by Crippen LogP contribution is 2.60. The zero-order chi connectivity index (χ0) is 29.2. The summed E-state index contributed by atoms with van der Waals surface area (Å²) < 4.78 is 54.4. The zero-order valence-electron chi connectivity index (χ0n) is 21.6. The van der Waals surface area contributed by atoms with E-state index < -0.39 is 38.9 Å². The average Bonchev–Trinajstić information content (AvgIpc) is 3.33. The molecule has 2 bridgehead atoms. The maximum absolute atomic E-state index is 13.6. The zero-order valence-corrected chi connectivity index (χ0v) is 23.9. The molecule has 1 atom stereocenters. The van der Waals surface area contributed by atoms with Crippen LogP contribution < -0.4 is 24.4 Å². The van der Waals surface area contributed by atoms with Gasteiger partial charge >= 0.3 is 0 Å². The van der Waals surface area contributed by atoms with E-state index in [4.69, 9.17) is 32.7 Å². The summed E-state index contributed by atoms with van der Waals surface area (Å²) in [4.78, 5) is 29.7. The number of anilines is 1. The number of hydrogen-bond donors (Lipinski definition) is 2. The van der Waals surface area contributed by atoms with Gasteiger partial charge in [-0.05, 0) is 49.6 Å². The molecule has 2 N–H and O–H groups in total. The van der Waals surface area contributed by atoms with Crippen LogP contribution >= 0.6 is 23.2 Å². The van der Waals surface area contributed by atoms with Crippen LogP contribution in [0.15, 0.2) is 53.9 Å². The SMILES string of the molecule is Cn1cnc(S(=O)(=O)N2CC(C(=O)NC34CC(NC(=O)COc5ccc(Cl)c(F)c5)(C3)C4)Oc3ccc(Cl)cc32)c1. The van der Waals surface area contributed by atoms with E-state index in [1.807, 2.05) is 0 Å². The second-order valence-electron chi connectivity index (χ2n) is 10.6. The van der Waals surface area contributed by atoms with Crippen LogP contribution in [0.1, 0.15) is 19.3 Å². The van der Waals surface area contributed by atoms with Crippen LogP contribution in [-0.2, 0) is 26.7 Å². The quantitative estimate of drug-likeness (QED) is 0.394. The van der Waals surface area contributed by atoms with Crippen LogP contribution in [0.5, 0.6) is 11.5 Å². The fraction of sp³-hybridized carbons (Fsp3) is 0.346. The second-order valence-corrected chi connectivity index (χ2v) is 13.3. The van der Waals surface area contributed by atoms with Crippen molar-refractivity contribution in [1.82, 2.24) is 20.2 Å². The lowest BCUT2D eigenvalue weighted by Gasteiger charge is -2.70. The number of carbonyl (C=O) groups excluding carboxylic acids is 2. The largest absolute Gasteiger partial charge is 0.484 e. The number of nitrogens with one attached hydrogen (secondary N) is 2. The molecule has 0 radical (unpaired) electrons. The van der Waals surface area contributed by atoms with E-state index in [1.165, 1.54) is 41.4 Å². The Morgan fingerprint density at radius 2 is 1.88 bits per heavy atom. The van der Waals surface area contributed by atoms with Crippen molar-refractivity contribution in [2.45, 2.75) is 41.5 Å². The van der Waals surface area contributed by atoms with Gasteiger partial charge in [0.2, 0.25) is 0 Å². The first-order chi connectivity index (χ1) is 19.4. The van der Waals surface area contributed by atoms with Gasteiger partial charge in [0.25, 0.3) is 21.8 Å². The summed E-state index contributed by atoms with van der Waals surface area (Å²) >= 11 is 11.8. The molecule has 15 heteroatoms. The molecule has 2 heterocycles. The normalized spacial score (nSPS) is 24.3. The molecule has 1 unspecified atom stereocenters. The molecule has 2 aromatic carbocycles. The first kappa shape index (κ1) is 27.6. The van der Waals surface area contributed by atoms with Gasteiger partial charge in [-0.2, -0.15) is 8.42 Å². The smallest absolute Gasteiger partial charge is 0.283 e. The number of fused-ring (bicyclic) bond motifs is 1. The Bertz CT molecular complexity index is 1660. The number of amides is 2. The molecule has 11 nitrogen and oxygen atoms in total. The number of rotatable bonds is 8. The van der Waals surface area contributed by atoms with Crippen LogP contribution in [0.3, 0.4) is 0 Å². The molecular formula is C26H24Cl2FN5O6S. The minimum atomic E-state index is -4.12. The summed E-state index contributed by atoms with van der Waals surface area (Å²) in [6.07, 6.45) is 3.12. The Kier molecular flexibility index (Phi) is 6.58. The lowest BCUT2D eigenvalue weighted by Crippen LogP contribution is -2.84. The molecule has 1 aliphatic heterocycles. The fourth-order valence-electron chi connectivity index (χ4n) is 5.67. The Balaban J connectivity index is 1.08. The highest BCUT2D eigenvalue weighted by Gasteiger charge is 2.69. The van der Waals surface area contributed by atoms with Crippen LogP contribution in [0.2, 0.25) is 10.0 Å². The molecule has 0 saturated heterocycles. The first-order valence-electron chi connectivity index (χ1n) is 12.5. The number of hydrogen-bond acceptors (Lipinski definition) is 7. The van der Waals surface area contributed by atoms with Crippen molar-refractivity contribution in [1.29, 1.82) is 0 Å². The van der Waals surface area contributed by atoms with Crippen LogP contribution in [0.4, 0.5) is 10.1 Å². The maximum Gasteiger partial charge on any atom is 0.283 e. The number of benzene rings is 2. The molecule has 0 spiro atoms. The number of ether oxygens (including phenoxy) is 2. The molecule has 1 aromatic heterocycles. The fourth-order valence-corrected chi connectivity index (χ4v) is 7.39. The number of sulfonamides is 1. The summed E-state index contributed by atoms with van der Waals surface area (Å²) in [6.45, 7) is -0.583. The first-order valence-corrected chi connectivity index (χ1v) is 14.7. The highest BCUT2D eigenvalue weighted by molar-refractivity contribution is 7.92. The summed E-state index contributed by atoms with van der Waals surface area (Å²) in [5, 5.41) is 6.00. The molecule has 7 rings (SSSR count). The summed E-state index contributed by atoms with van der Waals surface area (Å²) in [5.74, 6) is -1.12. The van der Waals surface area contributed by atoms with Crippen LogP contribution in [-0.4, -0.2) is 60.1 Å². The Labute approximate surface area is 244 Å². The third-order valence-corrected chi connectivity index (χ3v) is 9.61. The molecule has 3 aromatic rings. The highest BCUT2D eigenvalue weighted by atomic mass is 35.5. The topological polar surface area (TPSA) is 132 Å². The van der Waals surface area contributed by atoms with Gasteiger partial charge in [-0.15, -0.1) is 0 Å². The van der Waals surface area contributed by atoms with Gasteiger partial charge in [0.15, 0.2) is 17.7 Å². The van der Waals surface area contributed by atoms with Gasteiger partial charge in [0.05, 0.1) is 23.6 Å². The third-order valence-electron chi connectivity index (χ3n) is 7.40. The van der Waals surface area contributed by atoms with E-state index >= 15 is 0 Å². The number of nitrogens with zero attached hydrogens (tertiary/aromatic N) is 3. The summed E-state index contributed by atoms with van der Waals surface area (Å²) in [7, 11) is -2.47. The lowest BCUT2D eigenvalue weighted by molar-refractivity contribution is -0.153. The summed E-state index contributed by atoms with van der Waals surface area (Å²) in [5.41, 5.74) is -0.786. The van der Waals surface area contributed by atoms with Gasteiger partial charge in [-0.1, -0.05) is 23.2 Å². The van der Waals surface area contributed by atoms with Crippen molar-refractivity contribution in [2.24, 2.45) is 7.05 Å². The van der Waals surface area contributed by atoms with Crippen molar-refractivity contribution in [3.8, 4) is 11.5 Å². The van der Waals surface area contributed by atoms with Gasteiger partial charge in [-0.25, -0.2) is 9.37 Å². The Hall–Kier alpha value is -3.55. The van der Waals surface area contributed by atoms with Crippen molar-refractivity contribution in [3.63, 3.8) is 0 Å². The van der Waals surface area contributed by atoms with Crippen molar-refractivity contribution in [2.75, 3.05) is 17.5 Å². The van der Waals surface area contributed by atoms with E-state index in [1.54, 1.807) is 13.1 Å². The molecule has 3 fully saturated rings. The number of carbonyl (C=O) groups is 2. The molecule has 2 amide bonds. The number of halogens is 3. The Morgan fingerprint density at radius 3 is 2.56 bits per heavy atom. The predicted octanol–water partition coefficient (Wildman–Crippen LogP) is 2.81. The van der Waals surface area contributed by atoms with Gasteiger partial charge in [0.1, 0.15) is 17.3 Å². The van der Waals surface area contributed by atoms with Gasteiger partial charge in [0, 0.05) is 35.4 Å². The van der Waals surface area contributed by atoms with Crippen molar-refractivity contribution >= 4 is 50.7 Å². The van der Waals surface area contributed by atoms with E-state index in [-0.39, 0.29) is 46.3 Å². The van der Waals surface area contributed by atoms with E-state index in [0.717, 1.165) is 10.4 Å². The Morgan fingerprint density at radius 1 is 1.15 bits per heavy atom. The monoisotopic (exact) mass is 623 g/mol. The van der Waals surface area contributed by atoms with E-state index in [0.29, 0.717) is 24.3 Å². The van der Waals surface area contributed by atoms with Gasteiger partial charge in [-0.3, -0.25) is 13.9 Å². The maximum atomic E-state index is 13.6. The number of aromatic nitrogens is 2. The van der Waals surface area contributed by atoms with E-state index in [2.05, 4.69) is 15.6 Å². The van der Waals surface area contributed by atoms with E-state index in [9.17, 15) is 22.4 Å². The van der Waals surface area contributed by atoms with Crippen molar-refractivity contribution in [3.05, 3.63) is 64.8 Å². The lowest BCUT2D eigenvalue weighted by atomic mass is 9.44. The molecule has 3 saturated carbocycles. The molecule has 41 heavy (non-hydrogen) atoms. The second kappa shape index (κ2) is 9.78.